The van der Waals surface area contributed by atoms with Gasteiger partial charge in [0.1, 0.15) is 0 Å². The van der Waals surface area contributed by atoms with Crippen molar-refractivity contribution in [1.82, 2.24) is 5.32 Å². The van der Waals surface area contributed by atoms with Crippen LogP contribution in [0.4, 0.5) is 8.78 Å². The summed E-state index contributed by atoms with van der Waals surface area (Å²) in [5.41, 5.74) is 0.777. The van der Waals surface area contributed by atoms with E-state index in [1.54, 1.807) is 6.07 Å². The van der Waals surface area contributed by atoms with E-state index in [2.05, 4.69) is 5.32 Å². The molecule has 1 saturated heterocycles. The van der Waals surface area contributed by atoms with Gasteiger partial charge in [-0.05, 0) is 43.9 Å². The largest absolute Gasteiger partial charge is 0.381 e. The van der Waals surface area contributed by atoms with Gasteiger partial charge in [-0.3, -0.25) is 0 Å². The molecule has 0 amide bonds. The summed E-state index contributed by atoms with van der Waals surface area (Å²) in [4.78, 5) is 0. The summed E-state index contributed by atoms with van der Waals surface area (Å²) in [7, 11) is 0. The lowest BCUT2D eigenvalue weighted by atomic mass is 10.0. The molecule has 0 radical (unpaired) electrons. The van der Waals surface area contributed by atoms with E-state index >= 15 is 0 Å². The number of rotatable bonds is 3. The average molecular weight is 255 g/mol. The lowest BCUT2D eigenvalue weighted by Crippen LogP contribution is -2.31. The van der Waals surface area contributed by atoms with Crippen LogP contribution < -0.4 is 5.32 Å². The van der Waals surface area contributed by atoms with Crippen LogP contribution in [0.25, 0.3) is 0 Å². The van der Waals surface area contributed by atoms with Crippen LogP contribution in [0.1, 0.15) is 37.8 Å². The first kappa shape index (κ1) is 13.4. The molecule has 0 bridgehead atoms. The quantitative estimate of drug-likeness (QED) is 0.895. The summed E-state index contributed by atoms with van der Waals surface area (Å²) in [5.74, 6) is -1.58. The molecule has 2 atom stereocenters. The summed E-state index contributed by atoms with van der Waals surface area (Å²) < 4.78 is 31.4. The third-order valence-electron chi connectivity index (χ3n) is 3.38. The second-order valence-electron chi connectivity index (χ2n) is 4.80. The molecule has 1 heterocycles. The molecule has 1 fully saturated rings. The highest BCUT2D eigenvalue weighted by Gasteiger charge is 2.16. The van der Waals surface area contributed by atoms with Gasteiger partial charge in [0.15, 0.2) is 11.6 Å². The average Bonchev–Trinajstić information content (AvgIpc) is 2.61. The minimum atomic E-state index is -0.797. The van der Waals surface area contributed by atoms with Gasteiger partial charge in [0, 0.05) is 25.3 Å². The molecule has 100 valence electrons. The summed E-state index contributed by atoms with van der Waals surface area (Å²) in [6, 6.07) is 4.47. The third kappa shape index (κ3) is 3.50. The zero-order valence-corrected chi connectivity index (χ0v) is 10.6. The van der Waals surface area contributed by atoms with Crippen molar-refractivity contribution in [2.75, 3.05) is 13.2 Å². The molecule has 0 aliphatic carbocycles. The maximum Gasteiger partial charge on any atom is 0.159 e. The maximum absolute atomic E-state index is 13.2. The molecule has 1 aromatic rings. The molecule has 2 unspecified atom stereocenters. The summed E-state index contributed by atoms with van der Waals surface area (Å²) >= 11 is 0. The fourth-order valence-electron chi connectivity index (χ4n) is 2.30. The zero-order valence-electron chi connectivity index (χ0n) is 10.6. The van der Waals surface area contributed by atoms with Crippen LogP contribution in [-0.2, 0) is 4.74 Å². The highest BCUT2D eigenvalue weighted by molar-refractivity contribution is 5.20. The van der Waals surface area contributed by atoms with Crippen LogP contribution in [0.3, 0.4) is 0 Å². The van der Waals surface area contributed by atoms with Crippen molar-refractivity contribution < 1.29 is 13.5 Å². The van der Waals surface area contributed by atoms with Gasteiger partial charge >= 0.3 is 0 Å². The molecule has 0 aromatic heterocycles. The summed E-state index contributed by atoms with van der Waals surface area (Å²) in [6.07, 6.45) is 3.07. The first-order valence-corrected chi connectivity index (χ1v) is 6.45. The Balaban J connectivity index is 1.97. The van der Waals surface area contributed by atoms with Crippen LogP contribution in [0.2, 0.25) is 0 Å². The first-order chi connectivity index (χ1) is 8.66. The van der Waals surface area contributed by atoms with E-state index < -0.39 is 11.6 Å². The van der Waals surface area contributed by atoms with Gasteiger partial charge in [0.05, 0.1) is 0 Å². The Bertz CT molecular complexity index is 389. The Morgan fingerprint density at radius 3 is 2.83 bits per heavy atom. The van der Waals surface area contributed by atoms with Crippen LogP contribution in [0.5, 0.6) is 0 Å². The molecule has 0 spiro atoms. The Hall–Kier alpha value is -1.00. The second kappa shape index (κ2) is 6.25. The predicted octanol–water partition coefficient (Wildman–Crippen LogP) is 3.18. The van der Waals surface area contributed by atoms with Crippen molar-refractivity contribution in [3.8, 4) is 0 Å². The number of hydrogen-bond donors (Lipinski definition) is 1. The van der Waals surface area contributed by atoms with E-state index in [0.29, 0.717) is 6.04 Å². The van der Waals surface area contributed by atoms with Crippen molar-refractivity contribution in [1.29, 1.82) is 0 Å². The number of hydrogen-bond acceptors (Lipinski definition) is 2. The molecule has 4 heteroatoms. The smallest absolute Gasteiger partial charge is 0.159 e. The molecule has 1 aromatic carbocycles. The highest BCUT2D eigenvalue weighted by Crippen LogP contribution is 2.18. The molecule has 18 heavy (non-hydrogen) atoms. The van der Waals surface area contributed by atoms with Gasteiger partial charge in [-0.15, -0.1) is 0 Å². The van der Waals surface area contributed by atoms with E-state index in [1.165, 1.54) is 12.1 Å². The van der Waals surface area contributed by atoms with Gasteiger partial charge in [-0.25, -0.2) is 8.78 Å². The van der Waals surface area contributed by atoms with E-state index in [1.807, 2.05) is 6.92 Å². The SMILES string of the molecule is CC(NC1CCCOCC1)c1ccc(F)c(F)c1. The number of nitrogens with one attached hydrogen (secondary N) is 1. The summed E-state index contributed by atoms with van der Waals surface area (Å²) in [5, 5.41) is 3.45. The number of ether oxygens (including phenoxy) is 1. The van der Waals surface area contributed by atoms with Gasteiger partial charge < -0.3 is 10.1 Å². The van der Waals surface area contributed by atoms with Gasteiger partial charge in [0.25, 0.3) is 0 Å². The van der Waals surface area contributed by atoms with Gasteiger partial charge in [0.2, 0.25) is 0 Å². The molecular formula is C14H19F2NO. The van der Waals surface area contributed by atoms with Crippen LogP contribution in [0, 0.1) is 11.6 Å². The molecule has 1 N–H and O–H groups in total. The van der Waals surface area contributed by atoms with Crippen molar-refractivity contribution in [2.45, 2.75) is 38.3 Å². The van der Waals surface area contributed by atoms with Crippen LogP contribution >= 0.6 is 0 Å². The van der Waals surface area contributed by atoms with E-state index in [0.717, 1.165) is 38.0 Å². The predicted molar refractivity (Wildman–Crippen MR) is 66.4 cm³/mol. The van der Waals surface area contributed by atoms with E-state index in [-0.39, 0.29) is 6.04 Å². The Morgan fingerprint density at radius 1 is 1.22 bits per heavy atom. The zero-order chi connectivity index (χ0) is 13.0. The van der Waals surface area contributed by atoms with Gasteiger partial charge in [-0.2, -0.15) is 0 Å². The minimum Gasteiger partial charge on any atom is -0.381 e. The minimum absolute atomic E-state index is 0.0169. The van der Waals surface area contributed by atoms with Gasteiger partial charge in [-0.1, -0.05) is 6.07 Å². The topological polar surface area (TPSA) is 21.3 Å². The van der Waals surface area contributed by atoms with E-state index in [4.69, 9.17) is 4.74 Å². The summed E-state index contributed by atoms with van der Waals surface area (Å²) in [6.45, 7) is 3.55. The molecule has 0 saturated carbocycles. The fraction of sp³-hybridized carbons (Fsp3) is 0.571. The number of halogens is 2. The lowest BCUT2D eigenvalue weighted by molar-refractivity contribution is 0.142. The third-order valence-corrected chi connectivity index (χ3v) is 3.38. The second-order valence-corrected chi connectivity index (χ2v) is 4.80. The molecule has 1 aliphatic heterocycles. The fourth-order valence-corrected chi connectivity index (χ4v) is 2.30. The normalized spacial score (nSPS) is 22.5. The van der Waals surface area contributed by atoms with Crippen molar-refractivity contribution in [3.05, 3.63) is 35.4 Å². The van der Waals surface area contributed by atoms with Crippen LogP contribution in [-0.4, -0.2) is 19.3 Å². The number of benzene rings is 1. The first-order valence-electron chi connectivity index (χ1n) is 6.45. The standard InChI is InChI=1S/C14H19F2NO/c1-10(11-4-5-13(15)14(16)9-11)17-12-3-2-7-18-8-6-12/h4-5,9-10,12,17H,2-3,6-8H2,1H3. The Kier molecular flexibility index (Phi) is 4.66. The van der Waals surface area contributed by atoms with Crippen molar-refractivity contribution in [2.24, 2.45) is 0 Å². The Labute approximate surface area is 106 Å². The van der Waals surface area contributed by atoms with Crippen molar-refractivity contribution in [3.63, 3.8) is 0 Å². The molecule has 2 nitrogen and oxygen atoms in total. The maximum atomic E-state index is 13.2. The van der Waals surface area contributed by atoms with Crippen molar-refractivity contribution >= 4 is 0 Å². The van der Waals surface area contributed by atoms with Crippen LogP contribution in [0.15, 0.2) is 18.2 Å². The Morgan fingerprint density at radius 2 is 2.06 bits per heavy atom. The molecular weight excluding hydrogens is 236 g/mol. The molecule has 1 aliphatic rings. The highest BCUT2D eigenvalue weighted by atomic mass is 19.2. The van der Waals surface area contributed by atoms with E-state index in [9.17, 15) is 8.78 Å². The lowest BCUT2D eigenvalue weighted by Gasteiger charge is -2.22. The monoisotopic (exact) mass is 255 g/mol. The molecule has 2 rings (SSSR count).